The highest BCUT2D eigenvalue weighted by Gasteiger charge is 2.32. The lowest BCUT2D eigenvalue weighted by molar-refractivity contribution is 0.0923. The zero-order valence-electron chi connectivity index (χ0n) is 24.5. The lowest BCUT2D eigenvalue weighted by atomic mass is 9.94. The second-order valence-electron chi connectivity index (χ2n) is 10.7. The Balaban J connectivity index is 1.26. The van der Waals surface area contributed by atoms with Crippen LogP contribution in [0.25, 0.3) is 0 Å². The molecule has 0 atom stereocenters. The summed E-state index contributed by atoms with van der Waals surface area (Å²) < 4.78 is 33.6. The molecule has 0 spiro atoms. The lowest BCUT2D eigenvalue weighted by Crippen LogP contribution is -2.36. The van der Waals surface area contributed by atoms with Crippen molar-refractivity contribution in [2.24, 2.45) is 13.0 Å². The van der Waals surface area contributed by atoms with Crippen LogP contribution in [0.5, 0.6) is 0 Å². The zero-order chi connectivity index (χ0) is 31.4. The highest BCUT2D eigenvalue weighted by atomic mass is 32.2. The van der Waals surface area contributed by atoms with E-state index in [4.69, 9.17) is 4.74 Å². The fourth-order valence-electron chi connectivity index (χ4n) is 5.41. The van der Waals surface area contributed by atoms with Gasteiger partial charge in [0.2, 0.25) is 0 Å². The number of rotatable bonds is 10. The number of aryl methyl sites for hydroxylation is 1. The fourth-order valence-corrected chi connectivity index (χ4v) is 9.19. The SMILES string of the molecule is Cn1nnnc1S(=O)(=O)c1sc(NC(=O)Nc2ccc(N3CCOCC3)cc2C(=O)C2CCCC2)nc1CSc1ccccc1. The van der Waals surface area contributed by atoms with E-state index in [2.05, 4.69) is 36.0 Å². The van der Waals surface area contributed by atoms with E-state index < -0.39 is 15.9 Å². The third-order valence-electron chi connectivity index (χ3n) is 7.69. The molecular formula is C29H32N8O5S3. The Hall–Kier alpha value is -3.86. The maximum atomic E-state index is 13.6. The highest BCUT2D eigenvalue weighted by molar-refractivity contribution is 7.98. The number of Topliss-reactive ketones (excluding diaryl/α,β-unsaturated/α-hetero) is 1. The van der Waals surface area contributed by atoms with E-state index in [1.165, 1.54) is 18.8 Å². The Bertz CT molecular complexity index is 1780. The van der Waals surface area contributed by atoms with Gasteiger partial charge < -0.3 is 15.0 Å². The molecule has 16 heteroatoms. The van der Waals surface area contributed by atoms with Crippen molar-refractivity contribution in [3.63, 3.8) is 0 Å². The molecule has 1 saturated carbocycles. The van der Waals surface area contributed by atoms with E-state index in [1.54, 1.807) is 6.07 Å². The van der Waals surface area contributed by atoms with Gasteiger partial charge in [0.15, 0.2) is 15.1 Å². The first-order valence-corrected chi connectivity index (χ1v) is 17.8. The van der Waals surface area contributed by atoms with Crippen LogP contribution in [0.1, 0.15) is 41.7 Å². The number of ketones is 1. The van der Waals surface area contributed by atoms with Crippen molar-refractivity contribution in [3.8, 4) is 0 Å². The molecule has 2 amide bonds. The number of anilines is 3. The van der Waals surface area contributed by atoms with Crippen LogP contribution in [0.4, 0.5) is 21.3 Å². The highest BCUT2D eigenvalue weighted by Crippen LogP contribution is 2.36. The molecule has 1 saturated heterocycles. The van der Waals surface area contributed by atoms with Gasteiger partial charge in [-0.25, -0.2) is 22.9 Å². The van der Waals surface area contributed by atoms with Gasteiger partial charge in [0.1, 0.15) is 0 Å². The van der Waals surface area contributed by atoms with Crippen molar-refractivity contribution >= 4 is 61.3 Å². The van der Waals surface area contributed by atoms with E-state index in [0.717, 1.165) is 65.4 Å². The van der Waals surface area contributed by atoms with Crippen LogP contribution < -0.4 is 15.5 Å². The van der Waals surface area contributed by atoms with Crippen LogP contribution in [0.2, 0.25) is 0 Å². The van der Waals surface area contributed by atoms with Crippen LogP contribution in [0.3, 0.4) is 0 Å². The number of benzene rings is 2. The van der Waals surface area contributed by atoms with Gasteiger partial charge in [0.05, 0.1) is 24.6 Å². The number of urea groups is 1. The molecule has 6 rings (SSSR count). The van der Waals surface area contributed by atoms with Gasteiger partial charge >= 0.3 is 6.03 Å². The minimum Gasteiger partial charge on any atom is -0.378 e. The molecule has 3 heterocycles. The number of aromatic nitrogens is 5. The molecule has 2 fully saturated rings. The monoisotopic (exact) mass is 668 g/mol. The number of amides is 2. The molecule has 2 aromatic carbocycles. The van der Waals surface area contributed by atoms with E-state index in [0.29, 0.717) is 24.5 Å². The number of sulfone groups is 1. The number of morpholine rings is 1. The Morgan fingerprint density at radius 3 is 2.53 bits per heavy atom. The van der Waals surface area contributed by atoms with Gasteiger partial charge in [-0.1, -0.05) is 47.5 Å². The predicted octanol–water partition coefficient (Wildman–Crippen LogP) is 4.65. The van der Waals surface area contributed by atoms with Crippen LogP contribution in [0, 0.1) is 5.92 Å². The second-order valence-corrected chi connectivity index (χ2v) is 14.8. The molecule has 13 nitrogen and oxygen atoms in total. The normalized spacial score (nSPS) is 15.7. The molecule has 0 unspecified atom stereocenters. The van der Waals surface area contributed by atoms with Crippen LogP contribution in [-0.4, -0.2) is 71.7 Å². The molecule has 0 bridgehead atoms. The first kappa shape index (κ1) is 31.1. The Morgan fingerprint density at radius 2 is 1.82 bits per heavy atom. The number of hydrogen-bond acceptors (Lipinski definition) is 12. The number of nitrogens with zero attached hydrogens (tertiary/aromatic N) is 6. The van der Waals surface area contributed by atoms with E-state index in [1.807, 2.05) is 42.5 Å². The number of ether oxygens (including phenoxy) is 1. The van der Waals surface area contributed by atoms with E-state index >= 15 is 0 Å². The first-order valence-electron chi connectivity index (χ1n) is 14.5. The summed E-state index contributed by atoms with van der Waals surface area (Å²) in [4.78, 5) is 34.5. The molecule has 2 aliphatic rings. The number of tetrazole rings is 1. The van der Waals surface area contributed by atoms with Gasteiger partial charge in [-0.2, -0.15) is 0 Å². The summed E-state index contributed by atoms with van der Waals surface area (Å²) in [5.74, 6) is 0.158. The van der Waals surface area contributed by atoms with Crippen molar-refractivity contribution in [3.05, 3.63) is 59.8 Å². The number of thioether (sulfide) groups is 1. The number of carbonyl (C=O) groups is 2. The third kappa shape index (κ3) is 7.03. The van der Waals surface area contributed by atoms with Gasteiger partial charge in [-0.05, 0) is 53.6 Å². The van der Waals surface area contributed by atoms with Gasteiger partial charge in [-0.15, -0.1) is 11.8 Å². The lowest BCUT2D eigenvalue weighted by Gasteiger charge is -2.29. The maximum Gasteiger partial charge on any atom is 0.325 e. The van der Waals surface area contributed by atoms with Crippen LogP contribution >= 0.6 is 23.1 Å². The predicted molar refractivity (Wildman–Crippen MR) is 171 cm³/mol. The minimum atomic E-state index is -4.14. The van der Waals surface area contributed by atoms with E-state index in [-0.39, 0.29) is 37.6 Å². The van der Waals surface area contributed by atoms with Crippen molar-refractivity contribution < 1.29 is 22.7 Å². The summed E-state index contributed by atoms with van der Waals surface area (Å²) in [5.41, 5.74) is 2.01. The third-order valence-corrected chi connectivity index (χ3v) is 12.0. The number of carbonyl (C=O) groups excluding carboxylic acids is 2. The molecule has 4 aromatic rings. The quantitative estimate of drug-likeness (QED) is 0.179. The van der Waals surface area contributed by atoms with Crippen LogP contribution in [0.15, 0.2) is 62.8 Å². The van der Waals surface area contributed by atoms with Gasteiger partial charge in [-0.3, -0.25) is 10.1 Å². The molecule has 2 aromatic heterocycles. The largest absolute Gasteiger partial charge is 0.378 e. The molecule has 2 N–H and O–H groups in total. The van der Waals surface area contributed by atoms with Gasteiger partial charge in [0, 0.05) is 48.0 Å². The van der Waals surface area contributed by atoms with Crippen LogP contribution in [-0.2, 0) is 27.4 Å². The zero-order valence-corrected chi connectivity index (χ0v) is 27.0. The van der Waals surface area contributed by atoms with Crippen molar-refractivity contribution in [2.45, 2.75) is 45.7 Å². The molecule has 236 valence electrons. The number of hydrogen-bond donors (Lipinski definition) is 2. The molecular weight excluding hydrogens is 637 g/mol. The summed E-state index contributed by atoms with van der Waals surface area (Å²) in [7, 11) is -2.70. The smallest absolute Gasteiger partial charge is 0.325 e. The van der Waals surface area contributed by atoms with Gasteiger partial charge in [0.25, 0.3) is 15.0 Å². The summed E-state index contributed by atoms with van der Waals surface area (Å²) in [6, 6.07) is 14.3. The summed E-state index contributed by atoms with van der Waals surface area (Å²) in [6.07, 6.45) is 3.67. The summed E-state index contributed by atoms with van der Waals surface area (Å²) in [5, 5.41) is 16.1. The topological polar surface area (TPSA) is 161 Å². The average molecular weight is 669 g/mol. The standard InChI is InChI=1S/C29H32N8O5S3/c1-36-29(33-34-35-36)45(40,41)26-24(18-43-21-9-3-2-4-10-21)31-28(44-26)32-27(39)30-23-12-11-20(37-13-15-42-16-14-37)17-22(23)25(38)19-7-5-6-8-19/h2-4,9-12,17,19H,5-8,13-16,18H2,1H3,(H2,30,31,32,39). The molecule has 0 radical (unpaired) electrons. The fraction of sp³-hybridized carbons (Fsp3) is 0.379. The summed E-state index contributed by atoms with van der Waals surface area (Å²) in [6.45, 7) is 2.65. The minimum absolute atomic E-state index is 0.0121. The van der Waals surface area contributed by atoms with Crippen molar-refractivity contribution in [2.75, 3.05) is 41.8 Å². The average Bonchev–Trinajstić information content (AvgIpc) is 3.83. The number of thiazole rings is 1. The first-order chi connectivity index (χ1) is 21.8. The molecule has 45 heavy (non-hydrogen) atoms. The summed E-state index contributed by atoms with van der Waals surface area (Å²) >= 11 is 2.23. The number of nitrogens with one attached hydrogen (secondary N) is 2. The Labute approximate surface area is 268 Å². The second kappa shape index (κ2) is 13.6. The van der Waals surface area contributed by atoms with E-state index in [9.17, 15) is 18.0 Å². The van der Waals surface area contributed by atoms with Crippen molar-refractivity contribution in [1.29, 1.82) is 0 Å². The Kier molecular flexibility index (Phi) is 9.44. The Morgan fingerprint density at radius 1 is 1.07 bits per heavy atom. The molecule has 1 aliphatic heterocycles. The maximum absolute atomic E-state index is 13.6. The van der Waals surface area contributed by atoms with Crippen molar-refractivity contribution in [1.82, 2.24) is 25.2 Å². The molecule has 1 aliphatic carbocycles.